The van der Waals surface area contributed by atoms with Crippen molar-refractivity contribution in [1.29, 1.82) is 0 Å². The molecule has 0 saturated carbocycles. The largest absolute Gasteiger partial charge is 0.461 e. The van der Waals surface area contributed by atoms with E-state index in [2.05, 4.69) is 23.8 Å². The van der Waals surface area contributed by atoms with Crippen molar-refractivity contribution >= 4 is 57.3 Å². The van der Waals surface area contributed by atoms with Gasteiger partial charge < -0.3 is 15.2 Å². The van der Waals surface area contributed by atoms with E-state index in [-0.39, 0.29) is 36.6 Å². The SMILES string of the molecule is CCOC(=O)c1csc(-c2ccc(-c3nc(C(=O)OCC)cs3)c(-c3csc(-c4csc([C@@H](N)C(C)C)n4)n3)n2)n1. The first kappa shape index (κ1) is 29.1. The molecule has 5 heterocycles. The number of aromatic nitrogens is 5. The van der Waals surface area contributed by atoms with Gasteiger partial charge in [0, 0.05) is 27.1 Å². The summed E-state index contributed by atoms with van der Waals surface area (Å²) in [4.78, 5) is 47.9. The van der Waals surface area contributed by atoms with E-state index in [4.69, 9.17) is 30.2 Å². The fourth-order valence-corrected chi connectivity index (χ4v) is 7.04. The van der Waals surface area contributed by atoms with Gasteiger partial charge in [0.25, 0.3) is 0 Å². The predicted octanol–water partition coefficient (Wildman–Crippen LogP) is 6.58. The summed E-state index contributed by atoms with van der Waals surface area (Å²) in [6, 6.07) is 3.54. The zero-order valence-corrected chi connectivity index (χ0v) is 25.9. The van der Waals surface area contributed by atoms with Gasteiger partial charge in [-0.1, -0.05) is 13.8 Å². The molecule has 1 atom stereocenters. The molecule has 2 N–H and O–H groups in total. The summed E-state index contributed by atoms with van der Waals surface area (Å²) in [7, 11) is 0. The molecular weight excluding hydrogens is 601 g/mol. The van der Waals surface area contributed by atoms with Crippen LogP contribution in [0, 0.1) is 5.92 Å². The molecule has 0 unspecified atom stereocenters. The van der Waals surface area contributed by atoms with Crippen LogP contribution in [0.25, 0.3) is 43.4 Å². The Kier molecular flexibility index (Phi) is 8.94. The Balaban J connectivity index is 1.55. The highest BCUT2D eigenvalue weighted by Gasteiger charge is 2.22. The molecule has 0 aliphatic rings. The maximum absolute atomic E-state index is 12.3. The van der Waals surface area contributed by atoms with Crippen LogP contribution in [-0.2, 0) is 9.47 Å². The van der Waals surface area contributed by atoms with E-state index in [1.165, 1.54) is 45.3 Å². The molecule has 0 saturated heterocycles. The summed E-state index contributed by atoms with van der Waals surface area (Å²) in [6.45, 7) is 8.16. The number of rotatable bonds is 10. The first-order valence-electron chi connectivity index (χ1n) is 12.7. The Morgan fingerprint density at radius 1 is 0.732 bits per heavy atom. The van der Waals surface area contributed by atoms with Crippen molar-refractivity contribution in [3.63, 3.8) is 0 Å². The lowest BCUT2D eigenvalue weighted by Crippen LogP contribution is -2.16. The van der Waals surface area contributed by atoms with Crippen LogP contribution in [0.3, 0.4) is 0 Å². The Labute approximate surface area is 252 Å². The number of thiazole rings is 4. The number of esters is 2. The number of carbonyl (C=O) groups excluding carboxylic acids is 2. The van der Waals surface area contributed by atoms with Gasteiger partial charge in [-0.2, -0.15) is 0 Å². The average molecular weight is 627 g/mol. The molecule has 5 aromatic rings. The maximum atomic E-state index is 12.3. The van der Waals surface area contributed by atoms with Crippen LogP contribution in [0.1, 0.15) is 59.7 Å². The fourth-order valence-electron chi connectivity index (χ4n) is 3.66. The van der Waals surface area contributed by atoms with E-state index >= 15 is 0 Å². The van der Waals surface area contributed by atoms with Crippen molar-refractivity contribution in [3.8, 4) is 43.4 Å². The fraction of sp³-hybridized carbons (Fsp3) is 0.296. The Bertz CT molecular complexity index is 1690. The van der Waals surface area contributed by atoms with Gasteiger partial charge in [-0.15, -0.1) is 45.3 Å². The minimum absolute atomic E-state index is 0.144. The smallest absolute Gasteiger partial charge is 0.357 e. The van der Waals surface area contributed by atoms with Gasteiger partial charge in [0.2, 0.25) is 0 Å². The Morgan fingerprint density at radius 2 is 1.32 bits per heavy atom. The third-order valence-corrected chi connectivity index (χ3v) is 9.36. The summed E-state index contributed by atoms with van der Waals surface area (Å²) in [6.07, 6.45) is 0. The monoisotopic (exact) mass is 626 g/mol. The molecule has 0 fully saturated rings. The lowest BCUT2D eigenvalue weighted by Gasteiger charge is -2.11. The molecule has 0 spiro atoms. The van der Waals surface area contributed by atoms with Crippen LogP contribution in [0.2, 0.25) is 0 Å². The number of pyridine rings is 1. The van der Waals surface area contributed by atoms with Crippen LogP contribution in [0.5, 0.6) is 0 Å². The number of nitrogens with zero attached hydrogens (tertiary/aromatic N) is 5. The molecule has 0 aromatic carbocycles. The van der Waals surface area contributed by atoms with Crippen molar-refractivity contribution in [1.82, 2.24) is 24.9 Å². The van der Waals surface area contributed by atoms with Gasteiger partial charge in [-0.3, -0.25) is 0 Å². The molecule has 0 aliphatic carbocycles. The average Bonchev–Trinajstić information content (AvgIpc) is 3.79. The van der Waals surface area contributed by atoms with Gasteiger partial charge >= 0.3 is 11.9 Å². The highest BCUT2D eigenvalue weighted by atomic mass is 32.1. The predicted molar refractivity (Wildman–Crippen MR) is 162 cm³/mol. The van der Waals surface area contributed by atoms with E-state index in [0.717, 1.165) is 15.7 Å². The van der Waals surface area contributed by atoms with E-state index < -0.39 is 11.9 Å². The summed E-state index contributed by atoms with van der Waals surface area (Å²) in [5.74, 6) is -0.696. The Hall–Kier alpha value is -3.43. The van der Waals surface area contributed by atoms with E-state index in [9.17, 15) is 9.59 Å². The van der Waals surface area contributed by atoms with Crippen LogP contribution in [-0.4, -0.2) is 50.1 Å². The topological polar surface area (TPSA) is 143 Å². The Morgan fingerprint density at radius 3 is 1.98 bits per heavy atom. The second-order valence-corrected chi connectivity index (χ2v) is 12.5. The standard InChI is InChI=1S/C27H26N6O4S4/c1-5-36-26(34)18-11-38-22(32-18)14-7-8-15(23-33-19(12-40-23)27(35)37-6-2)29-21(14)16-9-39-24(30-16)17-10-41-25(31-17)20(28)13(3)4/h7-13,20H,5-6,28H2,1-4H3/t20-/m0/s1. The summed E-state index contributed by atoms with van der Waals surface area (Å²) < 4.78 is 10.2. The molecule has 0 radical (unpaired) electrons. The van der Waals surface area contributed by atoms with Gasteiger partial charge in [0.1, 0.15) is 37.1 Å². The molecule has 0 bridgehead atoms. The number of hydrogen-bond donors (Lipinski definition) is 1. The quantitative estimate of drug-likeness (QED) is 0.169. The third kappa shape index (κ3) is 6.26. The van der Waals surface area contributed by atoms with E-state index in [1.54, 1.807) is 24.6 Å². The third-order valence-electron chi connectivity index (χ3n) is 5.81. The summed E-state index contributed by atoms with van der Waals surface area (Å²) in [5.41, 5.74) is 9.99. The summed E-state index contributed by atoms with van der Waals surface area (Å²) in [5, 5.41) is 9.96. The normalized spacial score (nSPS) is 12.0. The van der Waals surface area contributed by atoms with Gasteiger partial charge in [0.05, 0.1) is 24.9 Å². The molecule has 0 aliphatic heterocycles. The molecule has 14 heteroatoms. The lowest BCUT2D eigenvalue weighted by molar-refractivity contribution is 0.0511. The first-order valence-corrected chi connectivity index (χ1v) is 16.2. The number of carbonyl (C=O) groups is 2. The van der Waals surface area contributed by atoms with Gasteiger partial charge in [-0.05, 0) is 31.9 Å². The zero-order chi connectivity index (χ0) is 29.1. The van der Waals surface area contributed by atoms with Crippen molar-refractivity contribution in [2.45, 2.75) is 33.7 Å². The van der Waals surface area contributed by atoms with E-state index in [1.807, 2.05) is 22.9 Å². The van der Waals surface area contributed by atoms with Crippen LogP contribution < -0.4 is 5.73 Å². The number of nitrogens with two attached hydrogens (primary N) is 1. The number of hydrogen-bond acceptors (Lipinski definition) is 14. The summed E-state index contributed by atoms with van der Waals surface area (Å²) >= 11 is 5.59. The molecule has 5 aromatic heterocycles. The first-order chi connectivity index (χ1) is 19.8. The van der Waals surface area contributed by atoms with Crippen LogP contribution >= 0.6 is 45.3 Å². The molecule has 10 nitrogen and oxygen atoms in total. The highest BCUT2D eigenvalue weighted by Crippen LogP contribution is 2.38. The molecule has 0 amide bonds. The highest BCUT2D eigenvalue weighted by molar-refractivity contribution is 7.14. The minimum Gasteiger partial charge on any atom is -0.461 e. The van der Waals surface area contributed by atoms with Gasteiger partial charge in [0.15, 0.2) is 11.4 Å². The number of ether oxygens (including phenoxy) is 2. The van der Waals surface area contributed by atoms with Crippen LogP contribution in [0.15, 0.2) is 33.7 Å². The molecule has 41 heavy (non-hydrogen) atoms. The molecule has 212 valence electrons. The zero-order valence-electron chi connectivity index (χ0n) is 22.6. The molecule has 5 rings (SSSR count). The maximum Gasteiger partial charge on any atom is 0.357 e. The van der Waals surface area contributed by atoms with Gasteiger partial charge in [-0.25, -0.2) is 34.5 Å². The second kappa shape index (κ2) is 12.6. The van der Waals surface area contributed by atoms with Crippen LogP contribution in [0.4, 0.5) is 0 Å². The second-order valence-electron chi connectivity index (χ2n) is 8.99. The van der Waals surface area contributed by atoms with E-state index in [0.29, 0.717) is 32.7 Å². The molecular formula is C27H26N6O4S4. The van der Waals surface area contributed by atoms with Crippen molar-refractivity contribution < 1.29 is 19.1 Å². The van der Waals surface area contributed by atoms with Crippen molar-refractivity contribution in [2.24, 2.45) is 11.7 Å². The minimum atomic E-state index is -0.481. The van der Waals surface area contributed by atoms with Crippen molar-refractivity contribution in [3.05, 3.63) is 50.0 Å². The lowest BCUT2D eigenvalue weighted by atomic mass is 10.1. The van der Waals surface area contributed by atoms with Crippen molar-refractivity contribution in [2.75, 3.05) is 13.2 Å².